The van der Waals surface area contributed by atoms with E-state index >= 15 is 0 Å². The van der Waals surface area contributed by atoms with Gasteiger partial charge in [0.15, 0.2) is 0 Å². The average Bonchev–Trinajstić information content (AvgIpc) is 2.77. The third-order valence-corrected chi connectivity index (χ3v) is 3.52. The van der Waals surface area contributed by atoms with E-state index in [-0.39, 0.29) is 5.56 Å². The van der Waals surface area contributed by atoms with Crippen molar-refractivity contribution >= 4 is 27.5 Å². The zero-order valence-electron chi connectivity index (χ0n) is 10.9. The summed E-state index contributed by atoms with van der Waals surface area (Å²) in [5.41, 5.74) is -6.31. The van der Waals surface area contributed by atoms with Gasteiger partial charge in [-0.2, -0.15) is 36.5 Å². The molecule has 0 fully saturated rings. The third kappa shape index (κ3) is 3.20. The number of hydrogen-bond acceptors (Lipinski definition) is 3. The molecule has 1 aliphatic rings. The Labute approximate surface area is 133 Å². The number of carbonyl (C=O) groups is 1. The highest BCUT2D eigenvalue weighted by molar-refractivity contribution is 9.10. The maximum atomic E-state index is 13.0. The van der Waals surface area contributed by atoms with Crippen LogP contribution >= 0.6 is 15.9 Å². The lowest BCUT2D eigenvalue weighted by Crippen LogP contribution is -2.56. The summed E-state index contributed by atoms with van der Waals surface area (Å²) >= 11 is 2.98. The molecule has 0 saturated carbocycles. The molecular formula is C12H7BrF6N2O2. The summed E-state index contributed by atoms with van der Waals surface area (Å²) in [4.78, 5) is 12.1. The molecule has 1 aliphatic heterocycles. The molecule has 1 aromatic rings. The fourth-order valence-electron chi connectivity index (χ4n) is 1.88. The molecule has 4 nitrogen and oxygen atoms in total. The van der Waals surface area contributed by atoms with Gasteiger partial charge in [-0.1, -0.05) is 22.0 Å². The molecular weight excluding hydrogens is 398 g/mol. The fourth-order valence-corrected chi connectivity index (χ4v) is 2.28. The number of alkyl halides is 6. The average molecular weight is 405 g/mol. The van der Waals surface area contributed by atoms with E-state index in [1.807, 2.05) is 0 Å². The number of rotatable bonds is 1. The standard InChI is InChI=1S/C12H7BrF6N2O2/c13-7-3-1-2-6(4-7)9(22)21-10(23,12(17,18)19)5-8(20-21)11(14,15)16/h1-4,23H,5H2/t10-/m0/s1. The molecule has 0 bridgehead atoms. The smallest absolute Gasteiger partial charge is 0.362 e. The molecule has 0 aliphatic carbocycles. The zero-order valence-corrected chi connectivity index (χ0v) is 12.5. The van der Waals surface area contributed by atoms with Crippen LogP contribution in [-0.2, 0) is 0 Å². The second-order valence-corrected chi connectivity index (χ2v) is 5.58. The van der Waals surface area contributed by atoms with E-state index in [4.69, 9.17) is 0 Å². The first-order valence-corrected chi connectivity index (χ1v) is 6.69. The summed E-state index contributed by atoms with van der Waals surface area (Å²) in [5, 5.41) is 11.8. The number of hydrazone groups is 1. The Balaban J connectivity index is 2.50. The van der Waals surface area contributed by atoms with Gasteiger partial charge in [0.05, 0.1) is 6.42 Å². The van der Waals surface area contributed by atoms with Gasteiger partial charge < -0.3 is 5.11 Å². The van der Waals surface area contributed by atoms with Gasteiger partial charge in [0, 0.05) is 10.0 Å². The number of nitrogens with zero attached hydrogens (tertiary/aromatic N) is 2. The van der Waals surface area contributed by atoms with E-state index in [2.05, 4.69) is 21.0 Å². The number of aliphatic hydroxyl groups is 1. The molecule has 1 atom stereocenters. The van der Waals surface area contributed by atoms with Crippen LogP contribution in [0.2, 0.25) is 0 Å². The van der Waals surface area contributed by atoms with E-state index < -0.39 is 41.1 Å². The molecule has 0 radical (unpaired) electrons. The summed E-state index contributed by atoms with van der Waals surface area (Å²) in [6.07, 6.45) is -12.6. The van der Waals surface area contributed by atoms with Crippen LogP contribution in [0, 0.1) is 0 Å². The highest BCUT2D eigenvalue weighted by Crippen LogP contribution is 2.43. The Morgan fingerprint density at radius 1 is 1.26 bits per heavy atom. The molecule has 1 amide bonds. The monoisotopic (exact) mass is 404 g/mol. The second kappa shape index (κ2) is 5.48. The van der Waals surface area contributed by atoms with Crippen LogP contribution in [0.5, 0.6) is 0 Å². The first-order chi connectivity index (χ1) is 10.4. The maximum absolute atomic E-state index is 13.0. The highest BCUT2D eigenvalue weighted by Gasteiger charge is 2.66. The summed E-state index contributed by atoms with van der Waals surface area (Å²) in [6.45, 7) is 0. The van der Waals surface area contributed by atoms with Gasteiger partial charge in [0.2, 0.25) is 0 Å². The van der Waals surface area contributed by atoms with Gasteiger partial charge in [-0.25, -0.2) is 0 Å². The zero-order chi connectivity index (χ0) is 17.6. The lowest BCUT2D eigenvalue weighted by Gasteiger charge is -2.32. The van der Waals surface area contributed by atoms with Crippen molar-refractivity contribution in [1.82, 2.24) is 5.01 Å². The van der Waals surface area contributed by atoms with Gasteiger partial charge >= 0.3 is 12.4 Å². The molecule has 11 heteroatoms. The predicted octanol–water partition coefficient (Wildman–Crippen LogP) is 3.46. The third-order valence-electron chi connectivity index (χ3n) is 3.03. The SMILES string of the molecule is O=C(c1cccc(Br)c1)N1N=C(C(F)(F)F)C[C@]1(O)C(F)(F)F. The number of hydrogen-bond donors (Lipinski definition) is 1. The van der Waals surface area contributed by atoms with Crippen LogP contribution in [0.15, 0.2) is 33.8 Å². The van der Waals surface area contributed by atoms with Crippen molar-refractivity contribution in [3.05, 3.63) is 34.3 Å². The molecule has 23 heavy (non-hydrogen) atoms. The van der Waals surface area contributed by atoms with E-state index in [1.165, 1.54) is 12.1 Å². The minimum Gasteiger partial charge on any atom is -0.362 e. The topological polar surface area (TPSA) is 52.9 Å². The van der Waals surface area contributed by atoms with Crippen molar-refractivity contribution < 1.29 is 36.2 Å². The van der Waals surface area contributed by atoms with Crippen LogP contribution in [-0.4, -0.2) is 39.8 Å². The Morgan fingerprint density at radius 2 is 1.87 bits per heavy atom. The van der Waals surface area contributed by atoms with Crippen LogP contribution in [0.1, 0.15) is 16.8 Å². The van der Waals surface area contributed by atoms with Crippen LogP contribution in [0.25, 0.3) is 0 Å². The van der Waals surface area contributed by atoms with Gasteiger partial charge in [-0.15, -0.1) is 0 Å². The minimum atomic E-state index is -5.52. The van der Waals surface area contributed by atoms with Crippen LogP contribution in [0.3, 0.4) is 0 Å². The fraction of sp³-hybridized carbons (Fsp3) is 0.333. The van der Waals surface area contributed by atoms with Crippen molar-refractivity contribution in [2.24, 2.45) is 5.10 Å². The molecule has 0 aromatic heterocycles. The number of amides is 1. The van der Waals surface area contributed by atoms with Crippen molar-refractivity contribution in [2.45, 2.75) is 24.5 Å². The predicted molar refractivity (Wildman–Crippen MR) is 69.4 cm³/mol. The van der Waals surface area contributed by atoms with Crippen molar-refractivity contribution in [2.75, 3.05) is 0 Å². The van der Waals surface area contributed by atoms with E-state index in [9.17, 15) is 36.2 Å². The van der Waals surface area contributed by atoms with Gasteiger partial charge in [0.25, 0.3) is 11.6 Å². The molecule has 0 saturated heterocycles. The van der Waals surface area contributed by atoms with E-state index in [1.54, 1.807) is 0 Å². The number of carbonyl (C=O) groups excluding carboxylic acids is 1. The van der Waals surface area contributed by atoms with Crippen molar-refractivity contribution in [3.8, 4) is 0 Å². The van der Waals surface area contributed by atoms with Crippen LogP contribution < -0.4 is 0 Å². The second-order valence-electron chi connectivity index (χ2n) is 4.66. The molecule has 126 valence electrons. The van der Waals surface area contributed by atoms with Crippen LogP contribution in [0.4, 0.5) is 26.3 Å². The molecule has 0 unspecified atom stereocenters. The summed E-state index contributed by atoms with van der Waals surface area (Å²) < 4.78 is 77.3. The van der Waals surface area contributed by atoms with Crippen molar-refractivity contribution in [1.29, 1.82) is 0 Å². The molecule has 1 N–H and O–H groups in total. The first kappa shape index (κ1) is 17.7. The normalized spacial score (nSPS) is 22.3. The molecule has 0 spiro atoms. The Morgan fingerprint density at radius 3 is 2.35 bits per heavy atom. The molecule has 1 aromatic carbocycles. The summed E-state index contributed by atoms with van der Waals surface area (Å²) in [7, 11) is 0. The van der Waals surface area contributed by atoms with Gasteiger partial charge in [0.1, 0.15) is 5.71 Å². The van der Waals surface area contributed by atoms with Crippen molar-refractivity contribution in [3.63, 3.8) is 0 Å². The lowest BCUT2D eigenvalue weighted by atomic mass is 10.1. The van der Waals surface area contributed by atoms with Gasteiger partial charge in [-0.3, -0.25) is 4.79 Å². The quantitative estimate of drug-likeness (QED) is 0.728. The number of halogens is 7. The number of benzene rings is 1. The highest BCUT2D eigenvalue weighted by atomic mass is 79.9. The molecule has 2 rings (SSSR count). The molecule has 1 heterocycles. The summed E-state index contributed by atoms with van der Waals surface area (Å²) in [5.74, 6) is -1.51. The largest absolute Gasteiger partial charge is 0.438 e. The maximum Gasteiger partial charge on any atom is 0.438 e. The Bertz CT molecular complexity index is 672. The Hall–Kier alpha value is -1.62. The minimum absolute atomic E-state index is 0.318. The Kier molecular flexibility index (Phi) is 4.22. The van der Waals surface area contributed by atoms with Gasteiger partial charge in [-0.05, 0) is 18.2 Å². The lowest BCUT2D eigenvalue weighted by molar-refractivity contribution is -0.297. The summed E-state index contributed by atoms with van der Waals surface area (Å²) in [6, 6.07) is 4.95. The van der Waals surface area contributed by atoms with E-state index in [0.717, 1.165) is 12.1 Å². The first-order valence-electron chi connectivity index (χ1n) is 5.90. The van der Waals surface area contributed by atoms with E-state index in [0.29, 0.717) is 4.47 Å².